The van der Waals surface area contributed by atoms with Crippen LogP contribution in [0.5, 0.6) is 11.5 Å². The zero-order chi connectivity index (χ0) is 27.0. The standard InChI is InChI=1S/C27H22FN3O6S/c1-16-19(5-4-6-24(16)35-2)20-14-25(36-3)23(15-21(20)28)31-22-9-8-18(13-17(22)7-10-27(31)32)38(33,34)30-26-11-12-37-29-26/h4-15H,1-3H3,(H,29,30). The van der Waals surface area contributed by atoms with E-state index in [9.17, 15) is 13.2 Å². The first-order chi connectivity index (χ1) is 18.2. The van der Waals surface area contributed by atoms with E-state index in [1.807, 2.05) is 6.92 Å². The molecule has 0 spiro atoms. The lowest BCUT2D eigenvalue weighted by atomic mass is 9.98. The fourth-order valence-corrected chi connectivity index (χ4v) is 5.34. The van der Waals surface area contributed by atoms with Gasteiger partial charge in [-0.2, -0.15) is 0 Å². The number of aromatic nitrogens is 2. The van der Waals surface area contributed by atoms with E-state index in [2.05, 4.69) is 14.4 Å². The summed E-state index contributed by atoms with van der Waals surface area (Å²) in [5.41, 5.74) is 1.73. The zero-order valence-corrected chi connectivity index (χ0v) is 21.4. The highest BCUT2D eigenvalue weighted by atomic mass is 32.2. The maximum Gasteiger partial charge on any atom is 0.263 e. The van der Waals surface area contributed by atoms with Gasteiger partial charge in [-0.05, 0) is 54.4 Å². The molecule has 0 fully saturated rings. The highest BCUT2D eigenvalue weighted by molar-refractivity contribution is 7.92. The minimum atomic E-state index is -3.98. The first-order valence-electron chi connectivity index (χ1n) is 11.3. The molecule has 3 aromatic carbocycles. The van der Waals surface area contributed by atoms with Gasteiger partial charge in [0.1, 0.15) is 23.6 Å². The van der Waals surface area contributed by atoms with Crippen molar-refractivity contribution in [2.75, 3.05) is 18.9 Å². The van der Waals surface area contributed by atoms with E-state index >= 15 is 4.39 Å². The largest absolute Gasteiger partial charge is 0.496 e. The Morgan fingerprint density at radius 1 is 0.947 bits per heavy atom. The number of benzene rings is 3. The molecule has 0 aliphatic heterocycles. The highest BCUT2D eigenvalue weighted by Crippen LogP contribution is 2.37. The number of sulfonamides is 1. The molecule has 194 valence electrons. The molecule has 0 aliphatic rings. The number of methoxy groups -OCH3 is 2. The van der Waals surface area contributed by atoms with Gasteiger partial charge in [0, 0.05) is 29.1 Å². The van der Waals surface area contributed by atoms with Crippen LogP contribution in [0.15, 0.2) is 87.2 Å². The number of fused-ring (bicyclic) bond motifs is 1. The number of hydrogen-bond acceptors (Lipinski definition) is 7. The highest BCUT2D eigenvalue weighted by Gasteiger charge is 2.20. The summed E-state index contributed by atoms with van der Waals surface area (Å²) in [4.78, 5) is 13.0. The number of rotatable bonds is 7. The Hall–Kier alpha value is -4.64. The summed E-state index contributed by atoms with van der Waals surface area (Å²) in [6.07, 6.45) is 1.24. The number of ether oxygens (including phenoxy) is 2. The van der Waals surface area contributed by atoms with Crippen LogP contribution in [-0.2, 0) is 10.0 Å². The Kier molecular flexibility index (Phi) is 6.37. The number of hydrogen-bond donors (Lipinski definition) is 1. The lowest BCUT2D eigenvalue weighted by Gasteiger charge is -2.17. The van der Waals surface area contributed by atoms with Crippen LogP contribution in [0, 0.1) is 12.7 Å². The predicted molar refractivity (Wildman–Crippen MR) is 140 cm³/mol. The maximum absolute atomic E-state index is 15.6. The average Bonchev–Trinajstić information content (AvgIpc) is 3.41. The second-order valence-corrected chi connectivity index (χ2v) is 10.0. The van der Waals surface area contributed by atoms with Gasteiger partial charge in [0.25, 0.3) is 15.6 Å². The quantitative estimate of drug-likeness (QED) is 0.315. The van der Waals surface area contributed by atoms with Crippen LogP contribution < -0.4 is 19.8 Å². The minimum absolute atomic E-state index is 0.0293. The molecule has 1 N–H and O–H groups in total. The van der Waals surface area contributed by atoms with Gasteiger partial charge in [-0.1, -0.05) is 17.3 Å². The molecular formula is C27H22FN3O6S. The molecule has 11 heteroatoms. The number of anilines is 1. The van der Waals surface area contributed by atoms with Crippen LogP contribution in [-0.4, -0.2) is 32.4 Å². The molecule has 5 aromatic rings. The molecular weight excluding hydrogens is 513 g/mol. The van der Waals surface area contributed by atoms with Crippen molar-refractivity contribution in [3.63, 3.8) is 0 Å². The third-order valence-electron chi connectivity index (χ3n) is 6.16. The van der Waals surface area contributed by atoms with Gasteiger partial charge in [0.15, 0.2) is 5.82 Å². The summed E-state index contributed by atoms with van der Waals surface area (Å²) in [5, 5.41) is 3.99. The average molecular weight is 536 g/mol. The third-order valence-corrected chi connectivity index (χ3v) is 7.51. The van der Waals surface area contributed by atoms with Crippen LogP contribution in [0.2, 0.25) is 0 Å². The monoisotopic (exact) mass is 535 g/mol. The van der Waals surface area contributed by atoms with Crippen LogP contribution in [0.3, 0.4) is 0 Å². The van der Waals surface area contributed by atoms with E-state index in [0.29, 0.717) is 22.2 Å². The van der Waals surface area contributed by atoms with Crippen molar-refractivity contribution in [3.8, 4) is 28.3 Å². The summed E-state index contributed by atoms with van der Waals surface area (Å²) in [6.45, 7) is 1.83. The van der Waals surface area contributed by atoms with E-state index in [0.717, 1.165) is 5.56 Å². The molecule has 2 aromatic heterocycles. The van der Waals surface area contributed by atoms with Gasteiger partial charge in [0.2, 0.25) is 0 Å². The molecule has 0 atom stereocenters. The molecule has 0 unspecified atom stereocenters. The summed E-state index contributed by atoms with van der Waals surface area (Å²) in [5.74, 6) is 0.320. The van der Waals surface area contributed by atoms with Crippen molar-refractivity contribution >= 4 is 26.7 Å². The fourth-order valence-electron chi connectivity index (χ4n) is 4.32. The van der Waals surface area contributed by atoms with Gasteiger partial charge < -0.3 is 14.0 Å². The molecule has 2 heterocycles. The lowest BCUT2D eigenvalue weighted by molar-refractivity contribution is 0.411. The van der Waals surface area contributed by atoms with E-state index < -0.39 is 21.4 Å². The second kappa shape index (κ2) is 9.67. The molecule has 5 rings (SSSR count). The SMILES string of the molecule is COc1cc(-c2cccc(OC)c2C)c(F)cc1-n1c(=O)ccc2cc(S(=O)(=O)Nc3ccon3)ccc21. The van der Waals surface area contributed by atoms with Crippen molar-refractivity contribution in [2.45, 2.75) is 11.8 Å². The molecule has 0 aliphatic carbocycles. The molecule has 0 bridgehead atoms. The van der Waals surface area contributed by atoms with Gasteiger partial charge in [-0.3, -0.25) is 14.1 Å². The molecule has 38 heavy (non-hydrogen) atoms. The number of nitrogens with one attached hydrogen (secondary N) is 1. The number of halogens is 1. The van der Waals surface area contributed by atoms with Crippen molar-refractivity contribution in [3.05, 3.63) is 94.7 Å². The molecule has 9 nitrogen and oxygen atoms in total. The van der Waals surface area contributed by atoms with Gasteiger partial charge in [-0.25, -0.2) is 12.8 Å². The molecule has 0 saturated carbocycles. The maximum atomic E-state index is 15.6. The normalized spacial score (nSPS) is 11.5. The summed E-state index contributed by atoms with van der Waals surface area (Å²) < 4.78 is 60.4. The van der Waals surface area contributed by atoms with E-state index in [1.165, 1.54) is 66.5 Å². The number of pyridine rings is 1. The van der Waals surface area contributed by atoms with Crippen LogP contribution in [0.4, 0.5) is 10.2 Å². The first-order valence-corrected chi connectivity index (χ1v) is 12.8. The molecule has 0 radical (unpaired) electrons. The van der Waals surface area contributed by atoms with Crippen LogP contribution in [0.25, 0.3) is 27.7 Å². The zero-order valence-electron chi connectivity index (χ0n) is 20.6. The Bertz CT molecular complexity index is 1830. The number of nitrogens with zero attached hydrogens (tertiary/aromatic N) is 2. The topological polar surface area (TPSA) is 113 Å². The second-order valence-electron chi connectivity index (χ2n) is 8.35. The smallest absolute Gasteiger partial charge is 0.263 e. The van der Waals surface area contributed by atoms with Gasteiger partial charge in [-0.15, -0.1) is 0 Å². The Labute approximate surface area is 217 Å². The minimum Gasteiger partial charge on any atom is -0.496 e. The van der Waals surface area contributed by atoms with Gasteiger partial charge in [0.05, 0.1) is 30.3 Å². The van der Waals surface area contributed by atoms with Gasteiger partial charge >= 0.3 is 0 Å². The van der Waals surface area contributed by atoms with E-state index in [1.54, 1.807) is 25.3 Å². The summed E-state index contributed by atoms with van der Waals surface area (Å²) in [7, 11) is -1.02. The van der Waals surface area contributed by atoms with Crippen LogP contribution in [0.1, 0.15) is 5.56 Å². The van der Waals surface area contributed by atoms with Crippen LogP contribution >= 0.6 is 0 Å². The lowest BCUT2D eigenvalue weighted by Crippen LogP contribution is -2.19. The summed E-state index contributed by atoms with van der Waals surface area (Å²) >= 11 is 0. The fraction of sp³-hybridized carbons (Fsp3) is 0.111. The Morgan fingerprint density at radius 2 is 1.74 bits per heavy atom. The first kappa shape index (κ1) is 25.0. The van der Waals surface area contributed by atoms with Crippen molar-refractivity contribution in [2.24, 2.45) is 0 Å². The van der Waals surface area contributed by atoms with Crippen molar-refractivity contribution in [1.82, 2.24) is 9.72 Å². The molecule has 0 amide bonds. The molecule has 0 saturated heterocycles. The van der Waals surface area contributed by atoms with Crippen molar-refractivity contribution < 1.29 is 26.8 Å². The van der Waals surface area contributed by atoms with Crippen molar-refractivity contribution in [1.29, 1.82) is 0 Å². The Morgan fingerprint density at radius 3 is 2.45 bits per heavy atom. The third kappa shape index (κ3) is 4.37. The summed E-state index contributed by atoms with van der Waals surface area (Å²) in [6, 6.07) is 16.5. The van der Waals surface area contributed by atoms with E-state index in [4.69, 9.17) is 9.47 Å². The Balaban J connectivity index is 1.65. The van der Waals surface area contributed by atoms with E-state index in [-0.39, 0.29) is 27.7 Å². The predicted octanol–water partition coefficient (Wildman–Crippen LogP) is 4.91.